The van der Waals surface area contributed by atoms with Crippen LogP contribution in [0.1, 0.15) is 31.4 Å². The Labute approximate surface area is 86.1 Å². The van der Waals surface area contributed by atoms with Gasteiger partial charge in [-0.15, -0.1) is 0 Å². The summed E-state index contributed by atoms with van der Waals surface area (Å²) in [5, 5.41) is 0. The van der Waals surface area contributed by atoms with Gasteiger partial charge in [-0.3, -0.25) is 0 Å². The molecule has 0 bridgehead atoms. The van der Waals surface area contributed by atoms with Crippen LogP contribution in [0.3, 0.4) is 0 Å². The highest BCUT2D eigenvalue weighted by atomic mass is 16.1. The van der Waals surface area contributed by atoms with Gasteiger partial charge in [-0.1, -0.05) is 44.5 Å². The Balaban J connectivity index is 2.59. The molecule has 0 saturated carbocycles. The fourth-order valence-electron chi connectivity index (χ4n) is 1.55. The van der Waals surface area contributed by atoms with Crippen molar-refractivity contribution in [1.82, 2.24) is 0 Å². The molecule has 0 aliphatic rings. The fourth-order valence-corrected chi connectivity index (χ4v) is 1.55. The second-order valence-corrected chi connectivity index (χ2v) is 3.88. The third kappa shape index (κ3) is 3.33. The first-order valence-corrected chi connectivity index (χ1v) is 5.29. The van der Waals surface area contributed by atoms with Crippen molar-refractivity contribution in [3.05, 3.63) is 35.4 Å². The topological polar surface area (TPSA) is 17.1 Å². The molecular formula is C13H18O. The van der Waals surface area contributed by atoms with Crippen LogP contribution in [0.25, 0.3) is 0 Å². The van der Waals surface area contributed by atoms with Crippen LogP contribution in [0.2, 0.25) is 0 Å². The van der Waals surface area contributed by atoms with Crippen molar-refractivity contribution in [2.45, 2.75) is 33.1 Å². The average Bonchev–Trinajstić information content (AvgIpc) is 2.21. The molecule has 1 nitrogen and oxygen atoms in total. The molecule has 0 unspecified atom stereocenters. The molecule has 0 N–H and O–H groups in total. The molecule has 0 saturated heterocycles. The second-order valence-electron chi connectivity index (χ2n) is 3.88. The lowest BCUT2D eigenvalue weighted by Crippen LogP contribution is -2.00. The van der Waals surface area contributed by atoms with E-state index in [0.717, 1.165) is 19.1 Å². The molecule has 0 aliphatic heterocycles. The summed E-state index contributed by atoms with van der Waals surface area (Å²) in [6.07, 6.45) is 4.20. The normalized spacial score (nSPS) is 12.4. The van der Waals surface area contributed by atoms with E-state index < -0.39 is 0 Å². The van der Waals surface area contributed by atoms with E-state index in [9.17, 15) is 4.79 Å². The summed E-state index contributed by atoms with van der Waals surface area (Å²) >= 11 is 0. The summed E-state index contributed by atoms with van der Waals surface area (Å²) in [5.41, 5.74) is 2.64. The summed E-state index contributed by atoms with van der Waals surface area (Å²) in [7, 11) is 0. The predicted molar refractivity (Wildman–Crippen MR) is 59.4 cm³/mol. The van der Waals surface area contributed by atoms with Crippen LogP contribution in [0.15, 0.2) is 24.3 Å². The minimum atomic E-state index is 0.132. The molecule has 14 heavy (non-hydrogen) atoms. The lowest BCUT2D eigenvalue weighted by atomic mass is 10.0. The van der Waals surface area contributed by atoms with Crippen LogP contribution in [-0.2, 0) is 17.6 Å². The van der Waals surface area contributed by atoms with Crippen molar-refractivity contribution in [2.24, 2.45) is 5.92 Å². The van der Waals surface area contributed by atoms with Gasteiger partial charge in [-0.25, -0.2) is 0 Å². The molecule has 0 aliphatic carbocycles. The Morgan fingerprint density at radius 3 is 2.29 bits per heavy atom. The SMILES string of the molecule is CCCc1ccc(C[C@@H](C)C=O)cc1. The highest BCUT2D eigenvalue weighted by molar-refractivity contribution is 5.53. The molecule has 0 aromatic heterocycles. The van der Waals surface area contributed by atoms with Gasteiger partial charge in [0.25, 0.3) is 0 Å². The van der Waals surface area contributed by atoms with Gasteiger partial charge >= 0.3 is 0 Å². The first kappa shape index (κ1) is 11.0. The zero-order valence-electron chi connectivity index (χ0n) is 8.99. The van der Waals surface area contributed by atoms with Crippen LogP contribution >= 0.6 is 0 Å². The van der Waals surface area contributed by atoms with Gasteiger partial charge in [0.15, 0.2) is 0 Å². The Morgan fingerprint density at radius 1 is 1.21 bits per heavy atom. The molecule has 1 rings (SSSR count). The largest absolute Gasteiger partial charge is 0.303 e. The van der Waals surface area contributed by atoms with Crippen LogP contribution in [0, 0.1) is 5.92 Å². The van der Waals surface area contributed by atoms with Gasteiger partial charge in [-0.2, -0.15) is 0 Å². The minimum absolute atomic E-state index is 0.132. The summed E-state index contributed by atoms with van der Waals surface area (Å²) in [4.78, 5) is 10.5. The quantitative estimate of drug-likeness (QED) is 0.652. The Hall–Kier alpha value is -1.11. The lowest BCUT2D eigenvalue weighted by molar-refractivity contribution is -0.110. The zero-order chi connectivity index (χ0) is 10.4. The number of rotatable bonds is 5. The third-order valence-corrected chi connectivity index (χ3v) is 2.35. The molecule has 1 aromatic rings. The number of benzene rings is 1. The van der Waals surface area contributed by atoms with E-state index in [2.05, 4.69) is 31.2 Å². The molecule has 0 amide bonds. The standard InChI is InChI=1S/C13H18O/c1-3-4-12-5-7-13(8-6-12)9-11(2)10-14/h5-8,10-11H,3-4,9H2,1-2H3/t11-/m1/s1. The summed E-state index contributed by atoms with van der Waals surface area (Å²) in [6, 6.07) is 8.59. The zero-order valence-corrected chi connectivity index (χ0v) is 8.99. The fraction of sp³-hybridized carbons (Fsp3) is 0.462. The van der Waals surface area contributed by atoms with Crippen LogP contribution in [0.5, 0.6) is 0 Å². The summed E-state index contributed by atoms with van der Waals surface area (Å²) < 4.78 is 0. The smallest absolute Gasteiger partial charge is 0.123 e. The van der Waals surface area contributed by atoms with Crippen molar-refractivity contribution in [2.75, 3.05) is 0 Å². The van der Waals surface area contributed by atoms with Gasteiger partial charge in [0, 0.05) is 5.92 Å². The van der Waals surface area contributed by atoms with E-state index in [-0.39, 0.29) is 5.92 Å². The summed E-state index contributed by atoms with van der Waals surface area (Å²) in [6.45, 7) is 4.13. The molecule has 1 atom stereocenters. The monoisotopic (exact) mass is 190 g/mol. The average molecular weight is 190 g/mol. The van der Waals surface area contributed by atoms with Gasteiger partial charge < -0.3 is 4.79 Å². The molecule has 0 heterocycles. The molecule has 0 spiro atoms. The van der Waals surface area contributed by atoms with Crippen molar-refractivity contribution in [1.29, 1.82) is 0 Å². The van der Waals surface area contributed by atoms with E-state index >= 15 is 0 Å². The van der Waals surface area contributed by atoms with Crippen LogP contribution < -0.4 is 0 Å². The van der Waals surface area contributed by atoms with Crippen LogP contribution in [0.4, 0.5) is 0 Å². The maximum atomic E-state index is 10.5. The summed E-state index contributed by atoms with van der Waals surface area (Å²) in [5.74, 6) is 0.132. The molecule has 0 fully saturated rings. The van der Waals surface area contributed by atoms with Gasteiger partial charge in [0.05, 0.1) is 0 Å². The van der Waals surface area contributed by atoms with E-state index in [1.165, 1.54) is 17.5 Å². The van der Waals surface area contributed by atoms with Crippen molar-refractivity contribution in [3.63, 3.8) is 0 Å². The molecule has 0 radical (unpaired) electrons. The number of carbonyl (C=O) groups excluding carboxylic acids is 1. The maximum Gasteiger partial charge on any atom is 0.123 e. The Kier molecular flexibility index (Phi) is 4.37. The van der Waals surface area contributed by atoms with Crippen molar-refractivity contribution in [3.8, 4) is 0 Å². The molecular weight excluding hydrogens is 172 g/mol. The maximum absolute atomic E-state index is 10.5. The third-order valence-electron chi connectivity index (χ3n) is 2.35. The van der Waals surface area contributed by atoms with Gasteiger partial charge in [0.2, 0.25) is 0 Å². The van der Waals surface area contributed by atoms with Crippen molar-refractivity contribution < 1.29 is 4.79 Å². The number of carbonyl (C=O) groups is 1. The number of hydrogen-bond donors (Lipinski definition) is 0. The molecule has 1 aromatic carbocycles. The number of hydrogen-bond acceptors (Lipinski definition) is 1. The van der Waals surface area contributed by atoms with Gasteiger partial charge in [0.1, 0.15) is 6.29 Å². The second kappa shape index (κ2) is 5.58. The first-order valence-electron chi connectivity index (χ1n) is 5.29. The number of aldehydes is 1. The van der Waals surface area contributed by atoms with Crippen LogP contribution in [-0.4, -0.2) is 6.29 Å². The van der Waals surface area contributed by atoms with Gasteiger partial charge in [-0.05, 0) is 24.0 Å². The predicted octanol–water partition coefficient (Wildman–Crippen LogP) is 3.02. The Morgan fingerprint density at radius 2 is 1.79 bits per heavy atom. The highest BCUT2D eigenvalue weighted by Gasteiger charge is 2.01. The Bertz CT molecular complexity index is 274. The minimum Gasteiger partial charge on any atom is -0.303 e. The molecule has 1 heteroatoms. The first-order chi connectivity index (χ1) is 6.76. The van der Waals surface area contributed by atoms with E-state index in [0.29, 0.717) is 0 Å². The highest BCUT2D eigenvalue weighted by Crippen LogP contribution is 2.10. The van der Waals surface area contributed by atoms with Crippen molar-refractivity contribution >= 4 is 6.29 Å². The van der Waals surface area contributed by atoms with E-state index in [1.807, 2.05) is 6.92 Å². The molecule has 76 valence electrons. The van der Waals surface area contributed by atoms with E-state index in [4.69, 9.17) is 0 Å². The van der Waals surface area contributed by atoms with E-state index in [1.54, 1.807) is 0 Å². The number of aryl methyl sites for hydroxylation is 1. The lowest BCUT2D eigenvalue weighted by Gasteiger charge is -2.05.